The van der Waals surface area contributed by atoms with E-state index in [1.807, 2.05) is 0 Å². The minimum atomic E-state index is -0.473. The number of rotatable bonds is 5. The highest BCUT2D eigenvalue weighted by Crippen LogP contribution is 2.24. The number of phenols is 2. The molecule has 2 aromatic carbocycles. The molecular weight excluding hydrogens is 300 g/mol. The van der Waals surface area contributed by atoms with Crippen LogP contribution in [0.3, 0.4) is 0 Å². The lowest BCUT2D eigenvalue weighted by Gasteiger charge is -2.08. The fourth-order valence-corrected chi connectivity index (χ4v) is 1.85. The SMILES string of the molecule is COc1ccc(C(=O)N/N=C/c2ccc(O)cc2O)c(OC)c1. The molecule has 0 saturated heterocycles. The number of phenolic OH excluding ortho intramolecular Hbond substituents is 2. The summed E-state index contributed by atoms with van der Waals surface area (Å²) in [7, 11) is 2.96. The second-order valence-electron chi connectivity index (χ2n) is 4.51. The fraction of sp³-hybridized carbons (Fsp3) is 0.125. The van der Waals surface area contributed by atoms with Crippen LogP contribution >= 0.6 is 0 Å². The number of methoxy groups -OCH3 is 2. The van der Waals surface area contributed by atoms with Crippen LogP contribution in [0, 0.1) is 0 Å². The van der Waals surface area contributed by atoms with Crippen molar-refractivity contribution in [3.05, 3.63) is 47.5 Å². The highest BCUT2D eigenvalue weighted by atomic mass is 16.5. The Balaban J connectivity index is 2.11. The van der Waals surface area contributed by atoms with Gasteiger partial charge in [-0.05, 0) is 24.3 Å². The van der Waals surface area contributed by atoms with Crippen LogP contribution in [-0.4, -0.2) is 36.6 Å². The molecule has 7 nitrogen and oxygen atoms in total. The van der Waals surface area contributed by atoms with Crippen molar-refractivity contribution in [1.29, 1.82) is 0 Å². The van der Waals surface area contributed by atoms with E-state index < -0.39 is 5.91 Å². The van der Waals surface area contributed by atoms with Gasteiger partial charge in [-0.25, -0.2) is 5.43 Å². The van der Waals surface area contributed by atoms with Crippen molar-refractivity contribution in [2.75, 3.05) is 14.2 Å². The second kappa shape index (κ2) is 7.17. The van der Waals surface area contributed by atoms with Gasteiger partial charge in [-0.1, -0.05) is 0 Å². The Hall–Kier alpha value is -3.22. The van der Waals surface area contributed by atoms with Gasteiger partial charge in [0.1, 0.15) is 23.0 Å². The Morgan fingerprint density at radius 3 is 2.57 bits per heavy atom. The minimum absolute atomic E-state index is 0.0633. The predicted octanol–water partition coefficient (Wildman–Crippen LogP) is 1.88. The summed E-state index contributed by atoms with van der Waals surface area (Å²) in [6.45, 7) is 0. The highest BCUT2D eigenvalue weighted by molar-refractivity contribution is 5.97. The molecule has 0 fully saturated rings. The summed E-state index contributed by atoms with van der Waals surface area (Å²) in [4.78, 5) is 12.1. The molecule has 0 atom stereocenters. The van der Waals surface area contributed by atoms with Crippen LogP contribution < -0.4 is 14.9 Å². The number of ether oxygens (including phenoxy) is 2. The van der Waals surface area contributed by atoms with Crippen molar-refractivity contribution >= 4 is 12.1 Å². The van der Waals surface area contributed by atoms with E-state index in [0.29, 0.717) is 22.6 Å². The highest BCUT2D eigenvalue weighted by Gasteiger charge is 2.12. The van der Waals surface area contributed by atoms with Crippen molar-refractivity contribution in [2.24, 2.45) is 5.10 Å². The number of aromatic hydroxyl groups is 2. The normalized spacial score (nSPS) is 10.5. The van der Waals surface area contributed by atoms with E-state index in [1.165, 1.54) is 38.6 Å². The van der Waals surface area contributed by atoms with E-state index in [9.17, 15) is 15.0 Å². The van der Waals surface area contributed by atoms with Gasteiger partial charge in [0.15, 0.2) is 0 Å². The Bertz CT molecular complexity index is 743. The summed E-state index contributed by atoms with van der Waals surface area (Å²) in [5, 5.41) is 22.6. The average Bonchev–Trinajstić information content (AvgIpc) is 2.56. The first-order valence-electron chi connectivity index (χ1n) is 6.62. The van der Waals surface area contributed by atoms with Crippen molar-refractivity contribution in [2.45, 2.75) is 0 Å². The van der Waals surface area contributed by atoms with Crippen LogP contribution in [0.1, 0.15) is 15.9 Å². The van der Waals surface area contributed by atoms with Gasteiger partial charge in [0.05, 0.1) is 26.0 Å². The number of nitrogens with one attached hydrogen (secondary N) is 1. The topological polar surface area (TPSA) is 100 Å². The molecule has 0 radical (unpaired) electrons. The molecule has 0 saturated carbocycles. The first-order valence-corrected chi connectivity index (χ1v) is 6.62. The molecule has 0 aliphatic heterocycles. The van der Waals surface area contributed by atoms with Crippen molar-refractivity contribution in [3.63, 3.8) is 0 Å². The fourth-order valence-electron chi connectivity index (χ4n) is 1.85. The maximum atomic E-state index is 12.1. The molecule has 0 aliphatic carbocycles. The smallest absolute Gasteiger partial charge is 0.275 e. The zero-order valence-corrected chi connectivity index (χ0v) is 12.6. The average molecular weight is 316 g/mol. The number of carbonyl (C=O) groups is 1. The molecular formula is C16H16N2O5. The molecule has 0 bridgehead atoms. The Morgan fingerprint density at radius 2 is 1.91 bits per heavy atom. The predicted molar refractivity (Wildman–Crippen MR) is 84.4 cm³/mol. The van der Waals surface area contributed by atoms with Gasteiger partial charge in [0.25, 0.3) is 5.91 Å². The lowest BCUT2D eigenvalue weighted by molar-refractivity contribution is 0.0952. The van der Waals surface area contributed by atoms with E-state index >= 15 is 0 Å². The van der Waals surface area contributed by atoms with E-state index in [-0.39, 0.29) is 11.5 Å². The molecule has 0 heterocycles. The van der Waals surface area contributed by atoms with Gasteiger partial charge in [0, 0.05) is 17.7 Å². The second-order valence-corrected chi connectivity index (χ2v) is 4.51. The number of amides is 1. The van der Waals surface area contributed by atoms with Gasteiger partial charge in [-0.2, -0.15) is 5.10 Å². The Morgan fingerprint density at radius 1 is 1.13 bits per heavy atom. The number of nitrogens with zero attached hydrogens (tertiary/aromatic N) is 1. The number of benzene rings is 2. The monoisotopic (exact) mass is 316 g/mol. The van der Waals surface area contributed by atoms with E-state index in [1.54, 1.807) is 18.2 Å². The first kappa shape index (κ1) is 16.2. The van der Waals surface area contributed by atoms with Gasteiger partial charge < -0.3 is 19.7 Å². The number of hydrazone groups is 1. The summed E-state index contributed by atoms with van der Waals surface area (Å²) >= 11 is 0. The van der Waals surface area contributed by atoms with Crippen LogP contribution in [0.4, 0.5) is 0 Å². The lowest BCUT2D eigenvalue weighted by atomic mass is 10.2. The third kappa shape index (κ3) is 3.91. The Labute approximate surface area is 132 Å². The number of hydrogen-bond donors (Lipinski definition) is 3. The molecule has 23 heavy (non-hydrogen) atoms. The summed E-state index contributed by atoms with van der Waals surface area (Å²) in [5.74, 6) is 0.233. The third-order valence-corrected chi connectivity index (χ3v) is 3.04. The standard InChI is InChI=1S/C16H16N2O5/c1-22-12-5-6-13(15(8-12)23-2)16(21)18-17-9-10-3-4-11(19)7-14(10)20/h3-9,19-20H,1-2H3,(H,18,21)/b17-9+. The molecule has 0 aliphatic rings. The van der Waals surface area contributed by atoms with Crippen molar-refractivity contribution in [1.82, 2.24) is 5.43 Å². The first-order chi connectivity index (χ1) is 11.0. The van der Waals surface area contributed by atoms with Gasteiger partial charge in [-0.3, -0.25) is 4.79 Å². The van der Waals surface area contributed by atoms with Crippen LogP contribution in [0.5, 0.6) is 23.0 Å². The van der Waals surface area contributed by atoms with Gasteiger partial charge in [-0.15, -0.1) is 0 Å². The lowest BCUT2D eigenvalue weighted by Crippen LogP contribution is -2.18. The number of carbonyl (C=O) groups excluding carboxylic acids is 1. The summed E-state index contributed by atoms with van der Waals surface area (Å²) in [6.07, 6.45) is 1.27. The minimum Gasteiger partial charge on any atom is -0.508 e. The zero-order chi connectivity index (χ0) is 16.8. The molecule has 1 amide bonds. The van der Waals surface area contributed by atoms with Gasteiger partial charge >= 0.3 is 0 Å². The maximum absolute atomic E-state index is 12.1. The molecule has 7 heteroatoms. The molecule has 2 aromatic rings. The van der Waals surface area contributed by atoms with Crippen LogP contribution in [0.25, 0.3) is 0 Å². The van der Waals surface area contributed by atoms with E-state index in [4.69, 9.17) is 9.47 Å². The van der Waals surface area contributed by atoms with Crippen molar-refractivity contribution < 1.29 is 24.5 Å². The molecule has 0 unspecified atom stereocenters. The summed E-state index contributed by atoms with van der Waals surface area (Å²) < 4.78 is 10.2. The Kier molecular flexibility index (Phi) is 5.03. The molecule has 0 spiro atoms. The largest absolute Gasteiger partial charge is 0.508 e. The third-order valence-electron chi connectivity index (χ3n) is 3.04. The van der Waals surface area contributed by atoms with E-state index in [0.717, 1.165) is 0 Å². The van der Waals surface area contributed by atoms with Gasteiger partial charge in [0.2, 0.25) is 0 Å². The molecule has 2 rings (SSSR count). The summed E-state index contributed by atoms with van der Waals surface area (Å²) in [6, 6.07) is 8.82. The van der Waals surface area contributed by atoms with Crippen LogP contribution in [-0.2, 0) is 0 Å². The quantitative estimate of drug-likeness (QED) is 0.577. The zero-order valence-electron chi connectivity index (χ0n) is 12.6. The summed E-state index contributed by atoms with van der Waals surface area (Å²) in [5.41, 5.74) is 2.98. The van der Waals surface area contributed by atoms with Crippen molar-refractivity contribution in [3.8, 4) is 23.0 Å². The maximum Gasteiger partial charge on any atom is 0.275 e. The molecule has 0 aromatic heterocycles. The van der Waals surface area contributed by atoms with Crippen LogP contribution in [0.15, 0.2) is 41.5 Å². The van der Waals surface area contributed by atoms with Crippen LogP contribution in [0.2, 0.25) is 0 Å². The molecule has 120 valence electrons. The number of hydrogen-bond acceptors (Lipinski definition) is 6. The molecule has 3 N–H and O–H groups in total. The van der Waals surface area contributed by atoms with E-state index in [2.05, 4.69) is 10.5 Å².